The Morgan fingerprint density at radius 1 is 1.25 bits per heavy atom. The first-order valence-electron chi connectivity index (χ1n) is 5.18. The predicted molar refractivity (Wildman–Crippen MR) is 47.6 cm³/mol. The molecule has 4 unspecified atom stereocenters. The molecular formula is C11H16O. The monoisotopic (exact) mass is 164 g/mol. The Morgan fingerprint density at radius 2 is 1.75 bits per heavy atom. The van der Waals surface area contributed by atoms with Gasteiger partial charge in [0.1, 0.15) is 0 Å². The van der Waals surface area contributed by atoms with Crippen LogP contribution in [0.5, 0.6) is 0 Å². The van der Waals surface area contributed by atoms with E-state index >= 15 is 0 Å². The van der Waals surface area contributed by atoms with Gasteiger partial charge in [0.25, 0.3) is 0 Å². The molecule has 0 aromatic heterocycles. The highest BCUT2D eigenvalue weighted by atomic mass is 16.3. The van der Waals surface area contributed by atoms with Crippen LogP contribution in [0.3, 0.4) is 0 Å². The summed E-state index contributed by atoms with van der Waals surface area (Å²) in [5.74, 6) is 2.69. The van der Waals surface area contributed by atoms with Crippen LogP contribution < -0.4 is 0 Å². The highest BCUT2D eigenvalue weighted by Gasteiger charge is 2.62. The van der Waals surface area contributed by atoms with E-state index in [0.29, 0.717) is 11.8 Å². The Kier molecular flexibility index (Phi) is 1.16. The Bertz CT molecular complexity index is 223. The van der Waals surface area contributed by atoms with Crippen molar-refractivity contribution < 1.29 is 5.11 Å². The van der Waals surface area contributed by atoms with Crippen molar-refractivity contribution in [1.82, 2.24) is 0 Å². The van der Waals surface area contributed by atoms with Crippen LogP contribution in [-0.2, 0) is 0 Å². The highest BCUT2D eigenvalue weighted by molar-refractivity contribution is 5.26. The van der Waals surface area contributed by atoms with Crippen LogP contribution in [0.4, 0.5) is 0 Å². The highest BCUT2D eigenvalue weighted by Crippen LogP contribution is 2.63. The minimum absolute atomic E-state index is 0.293. The first-order valence-corrected chi connectivity index (χ1v) is 5.18. The molecule has 0 aromatic rings. The number of hydrogen-bond acceptors (Lipinski definition) is 1. The molecule has 1 N–H and O–H groups in total. The molecule has 2 saturated carbocycles. The number of hydrogen-bond donors (Lipinski definition) is 1. The van der Waals surface area contributed by atoms with E-state index in [4.69, 9.17) is 0 Å². The SMILES string of the molecule is CCC1(O)C2CCC1C1C=CC12. The van der Waals surface area contributed by atoms with E-state index < -0.39 is 0 Å². The van der Waals surface area contributed by atoms with Crippen LogP contribution in [-0.4, -0.2) is 10.7 Å². The van der Waals surface area contributed by atoms with Gasteiger partial charge in [-0.05, 0) is 42.9 Å². The summed E-state index contributed by atoms with van der Waals surface area (Å²) in [5.41, 5.74) is -0.293. The molecule has 1 nitrogen and oxygen atoms in total. The molecule has 0 radical (unpaired) electrons. The number of fused-ring (bicyclic) bond motifs is 5. The van der Waals surface area contributed by atoms with E-state index in [1.807, 2.05) is 0 Å². The maximum absolute atomic E-state index is 10.4. The van der Waals surface area contributed by atoms with E-state index in [1.54, 1.807) is 0 Å². The van der Waals surface area contributed by atoms with Crippen LogP contribution in [0, 0.1) is 23.7 Å². The van der Waals surface area contributed by atoms with E-state index in [9.17, 15) is 5.11 Å². The zero-order valence-corrected chi connectivity index (χ0v) is 7.53. The van der Waals surface area contributed by atoms with E-state index in [-0.39, 0.29) is 5.60 Å². The summed E-state index contributed by atoms with van der Waals surface area (Å²) in [6, 6.07) is 0. The maximum Gasteiger partial charge on any atom is 0.0712 e. The predicted octanol–water partition coefficient (Wildman–Crippen LogP) is 1.97. The molecular weight excluding hydrogens is 148 g/mol. The number of aliphatic hydroxyl groups is 1. The lowest BCUT2D eigenvalue weighted by Crippen LogP contribution is -2.34. The summed E-state index contributed by atoms with van der Waals surface area (Å²) in [6.45, 7) is 2.13. The second kappa shape index (κ2) is 1.95. The summed E-state index contributed by atoms with van der Waals surface area (Å²) >= 11 is 0. The molecule has 12 heavy (non-hydrogen) atoms. The van der Waals surface area contributed by atoms with Crippen LogP contribution in [0.2, 0.25) is 0 Å². The Hall–Kier alpha value is -0.300. The van der Waals surface area contributed by atoms with Crippen LogP contribution >= 0.6 is 0 Å². The minimum atomic E-state index is -0.293. The molecule has 0 aromatic carbocycles. The third kappa shape index (κ3) is 0.545. The van der Waals surface area contributed by atoms with Gasteiger partial charge in [0.05, 0.1) is 5.60 Å². The zero-order valence-electron chi connectivity index (χ0n) is 7.53. The smallest absolute Gasteiger partial charge is 0.0712 e. The lowest BCUT2D eigenvalue weighted by Gasteiger charge is -2.32. The first-order chi connectivity index (χ1) is 5.77. The Morgan fingerprint density at radius 3 is 2.08 bits per heavy atom. The molecule has 3 aliphatic carbocycles. The fraction of sp³-hybridized carbons (Fsp3) is 0.818. The molecule has 0 amide bonds. The van der Waals surface area contributed by atoms with Crippen molar-refractivity contribution in [3.05, 3.63) is 12.2 Å². The molecule has 3 rings (SSSR count). The van der Waals surface area contributed by atoms with E-state index in [2.05, 4.69) is 19.1 Å². The zero-order chi connectivity index (χ0) is 8.34. The average molecular weight is 164 g/mol. The van der Waals surface area contributed by atoms with E-state index in [0.717, 1.165) is 18.3 Å². The molecule has 0 heterocycles. The Labute approximate surface area is 73.5 Å². The molecule has 4 atom stereocenters. The van der Waals surface area contributed by atoms with E-state index in [1.165, 1.54) is 12.8 Å². The number of rotatable bonds is 1. The van der Waals surface area contributed by atoms with Gasteiger partial charge in [-0.2, -0.15) is 0 Å². The summed E-state index contributed by atoms with van der Waals surface area (Å²) in [7, 11) is 0. The van der Waals surface area contributed by atoms with Crippen molar-refractivity contribution in [2.45, 2.75) is 31.8 Å². The fourth-order valence-corrected chi connectivity index (χ4v) is 3.88. The van der Waals surface area contributed by atoms with Gasteiger partial charge in [0.15, 0.2) is 0 Å². The normalized spacial score (nSPS) is 60.2. The van der Waals surface area contributed by atoms with Crippen molar-refractivity contribution in [1.29, 1.82) is 0 Å². The van der Waals surface area contributed by atoms with Crippen molar-refractivity contribution in [3.63, 3.8) is 0 Å². The largest absolute Gasteiger partial charge is 0.389 e. The van der Waals surface area contributed by atoms with Gasteiger partial charge in [-0.1, -0.05) is 19.1 Å². The van der Waals surface area contributed by atoms with Gasteiger partial charge < -0.3 is 5.11 Å². The van der Waals surface area contributed by atoms with Gasteiger partial charge in [0, 0.05) is 0 Å². The molecule has 2 fully saturated rings. The summed E-state index contributed by atoms with van der Waals surface area (Å²) < 4.78 is 0. The molecule has 3 aliphatic rings. The second-order valence-corrected chi connectivity index (χ2v) is 4.67. The van der Waals surface area contributed by atoms with Gasteiger partial charge in [0.2, 0.25) is 0 Å². The standard InChI is InChI=1S/C11H16O/c1-2-11(12)9-5-6-10(11)8-4-3-7(8)9/h3-4,7-10,12H,2,5-6H2,1H3. The van der Waals surface area contributed by atoms with Crippen LogP contribution in [0.25, 0.3) is 0 Å². The molecule has 2 bridgehead atoms. The van der Waals surface area contributed by atoms with Crippen molar-refractivity contribution in [2.24, 2.45) is 23.7 Å². The first kappa shape index (κ1) is 7.14. The van der Waals surface area contributed by atoms with Gasteiger partial charge in [-0.3, -0.25) is 0 Å². The second-order valence-electron chi connectivity index (χ2n) is 4.67. The van der Waals surface area contributed by atoms with Gasteiger partial charge in [-0.25, -0.2) is 0 Å². The molecule has 0 spiro atoms. The lowest BCUT2D eigenvalue weighted by molar-refractivity contribution is -0.0131. The molecule has 1 heteroatoms. The van der Waals surface area contributed by atoms with Crippen LogP contribution in [0.1, 0.15) is 26.2 Å². The third-order valence-electron chi connectivity index (χ3n) is 4.57. The topological polar surface area (TPSA) is 20.2 Å². The third-order valence-corrected chi connectivity index (χ3v) is 4.57. The molecule has 66 valence electrons. The van der Waals surface area contributed by atoms with Crippen molar-refractivity contribution in [2.75, 3.05) is 0 Å². The lowest BCUT2D eigenvalue weighted by atomic mass is 9.72. The summed E-state index contributed by atoms with van der Waals surface area (Å²) in [5, 5.41) is 10.4. The molecule has 0 aliphatic heterocycles. The molecule has 0 saturated heterocycles. The van der Waals surface area contributed by atoms with Gasteiger partial charge >= 0.3 is 0 Å². The number of allylic oxidation sites excluding steroid dienone is 2. The Balaban J connectivity index is 2.01. The minimum Gasteiger partial charge on any atom is -0.389 e. The quantitative estimate of drug-likeness (QED) is 0.587. The average Bonchev–Trinajstić information content (AvgIpc) is 2.38. The van der Waals surface area contributed by atoms with Crippen LogP contribution in [0.15, 0.2) is 12.2 Å². The fourth-order valence-electron chi connectivity index (χ4n) is 3.88. The summed E-state index contributed by atoms with van der Waals surface area (Å²) in [6.07, 6.45) is 8.11. The van der Waals surface area contributed by atoms with Crippen molar-refractivity contribution >= 4 is 0 Å². The van der Waals surface area contributed by atoms with Crippen molar-refractivity contribution in [3.8, 4) is 0 Å². The summed E-state index contributed by atoms with van der Waals surface area (Å²) in [4.78, 5) is 0. The van der Waals surface area contributed by atoms with Gasteiger partial charge in [-0.15, -0.1) is 0 Å². The maximum atomic E-state index is 10.4.